The number of nitrogen functional groups attached to an aromatic ring is 1. The van der Waals surface area contributed by atoms with E-state index in [4.69, 9.17) is 26.4 Å². The molecule has 0 saturated heterocycles. The highest BCUT2D eigenvalue weighted by Gasteiger charge is 2.28. The molecule has 0 spiro atoms. The topological polar surface area (TPSA) is 141 Å². The first-order valence-corrected chi connectivity index (χ1v) is 11.0. The third-order valence-electron chi connectivity index (χ3n) is 5.19. The number of benzene rings is 3. The highest BCUT2D eigenvalue weighted by atomic mass is 19.1. The summed E-state index contributed by atoms with van der Waals surface area (Å²) in [4.78, 5) is 23.8. The summed E-state index contributed by atoms with van der Waals surface area (Å²) in [6.07, 6.45) is -1.51. The number of amidine groups is 1. The molecule has 0 bridgehead atoms. The maximum Gasteiger partial charge on any atom is 0.255 e. The highest BCUT2D eigenvalue weighted by Crippen LogP contribution is 2.31. The number of carbonyl (C=O) groups excluding carboxylic acids is 2. The standard InChI is InChI=1S/C26H26F2N4O4/c1-2-35-24(26(34)32-13-15-6-8-16(9-7-15)25(30)31)23-20(27)11-18(12-21(23)28)17-4-3-5-19(10-17)36-14-22(29)33/h3-12,24H,2,13-14H2,1H3,(H2,29,33)(H3,30,31)(H,32,34). The quantitative estimate of drug-likeness (QED) is 0.238. The van der Waals surface area contributed by atoms with Crippen molar-refractivity contribution in [1.29, 1.82) is 5.41 Å². The molecule has 0 radical (unpaired) electrons. The van der Waals surface area contributed by atoms with Crippen LogP contribution in [0.2, 0.25) is 0 Å². The Bertz CT molecular complexity index is 1240. The molecule has 3 rings (SSSR count). The summed E-state index contributed by atoms with van der Waals surface area (Å²) in [5.41, 5.74) is 11.9. The first-order chi connectivity index (χ1) is 17.2. The monoisotopic (exact) mass is 496 g/mol. The van der Waals surface area contributed by atoms with Crippen molar-refractivity contribution in [2.24, 2.45) is 11.5 Å². The van der Waals surface area contributed by atoms with Crippen LogP contribution in [0.4, 0.5) is 8.78 Å². The van der Waals surface area contributed by atoms with Gasteiger partial charge in [-0.05, 0) is 47.9 Å². The number of hydrogen-bond donors (Lipinski definition) is 4. The lowest BCUT2D eigenvalue weighted by Crippen LogP contribution is -2.31. The lowest BCUT2D eigenvalue weighted by Gasteiger charge is -2.19. The molecule has 1 unspecified atom stereocenters. The number of halogens is 2. The second kappa shape index (κ2) is 11.9. The predicted molar refractivity (Wildman–Crippen MR) is 130 cm³/mol. The number of nitrogens with one attached hydrogen (secondary N) is 2. The zero-order chi connectivity index (χ0) is 26.2. The fourth-order valence-electron chi connectivity index (χ4n) is 3.46. The number of primary amides is 1. The molecule has 8 nitrogen and oxygen atoms in total. The van der Waals surface area contributed by atoms with Crippen LogP contribution in [0.25, 0.3) is 11.1 Å². The van der Waals surface area contributed by atoms with Gasteiger partial charge in [-0.1, -0.05) is 36.4 Å². The first-order valence-electron chi connectivity index (χ1n) is 11.0. The van der Waals surface area contributed by atoms with E-state index < -0.39 is 35.1 Å². The van der Waals surface area contributed by atoms with E-state index in [1.54, 1.807) is 49.4 Å². The molecule has 0 heterocycles. The van der Waals surface area contributed by atoms with Crippen molar-refractivity contribution in [2.45, 2.75) is 19.6 Å². The van der Waals surface area contributed by atoms with Gasteiger partial charge in [-0.15, -0.1) is 0 Å². The fraction of sp³-hybridized carbons (Fsp3) is 0.192. The van der Waals surface area contributed by atoms with Crippen molar-refractivity contribution >= 4 is 17.6 Å². The number of nitrogens with two attached hydrogens (primary N) is 2. The largest absolute Gasteiger partial charge is 0.484 e. The van der Waals surface area contributed by atoms with Gasteiger partial charge in [0.2, 0.25) is 0 Å². The summed E-state index contributed by atoms with van der Waals surface area (Å²) >= 11 is 0. The van der Waals surface area contributed by atoms with Gasteiger partial charge in [0, 0.05) is 18.7 Å². The van der Waals surface area contributed by atoms with E-state index in [2.05, 4.69) is 5.32 Å². The molecule has 10 heteroatoms. The van der Waals surface area contributed by atoms with Gasteiger partial charge in [0.15, 0.2) is 12.7 Å². The zero-order valence-electron chi connectivity index (χ0n) is 19.5. The molecule has 36 heavy (non-hydrogen) atoms. The highest BCUT2D eigenvalue weighted by molar-refractivity contribution is 5.94. The fourth-order valence-corrected chi connectivity index (χ4v) is 3.46. The van der Waals surface area contributed by atoms with Gasteiger partial charge in [-0.3, -0.25) is 15.0 Å². The van der Waals surface area contributed by atoms with Crippen LogP contribution in [0.15, 0.2) is 60.7 Å². The van der Waals surface area contributed by atoms with Crippen molar-refractivity contribution in [1.82, 2.24) is 5.32 Å². The minimum absolute atomic E-state index is 0.0469. The molecular weight excluding hydrogens is 470 g/mol. The molecule has 0 aromatic heterocycles. The van der Waals surface area contributed by atoms with E-state index in [9.17, 15) is 9.59 Å². The molecule has 1 atom stereocenters. The van der Waals surface area contributed by atoms with Gasteiger partial charge in [-0.25, -0.2) is 8.78 Å². The van der Waals surface area contributed by atoms with Crippen LogP contribution in [0.5, 0.6) is 5.75 Å². The van der Waals surface area contributed by atoms with Crippen molar-refractivity contribution in [3.8, 4) is 16.9 Å². The van der Waals surface area contributed by atoms with Gasteiger partial charge < -0.3 is 26.3 Å². The SMILES string of the molecule is CCOC(C(=O)NCc1ccc(C(=N)N)cc1)c1c(F)cc(-c2cccc(OCC(N)=O)c2)cc1F. The van der Waals surface area contributed by atoms with Gasteiger partial charge in [0.1, 0.15) is 23.2 Å². The first kappa shape index (κ1) is 26.3. The average molecular weight is 497 g/mol. The number of hydrogen-bond acceptors (Lipinski definition) is 5. The summed E-state index contributed by atoms with van der Waals surface area (Å²) in [6.45, 7) is 1.41. The van der Waals surface area contributed by atoms with Crippen molar-refractivity contribution < 1.29 is 27.8 Å². The molecule has 2 amide bonds. The Morgan fingerprint density at radius 2 is 1.67 bits per heavy atom. The van der Waals surface area contributed by atoms with Crippen LogP contribution in [-0.4, -0.2) is 30.9 Å². The molecule has 3 aromatic rings. The summed E-state index contributed by atoms with van der Waals surface area (Å²) in [6, 6.07) is 15.2. The van der Waals surface area contributed by atoms with E-state index in [-0.39, 0.29) is 31.2 Å². The van der Waals surface area contributed by atoms with Crippen molar-refractivity contribution in [2.75, 3.05) is 13.2 Å². The number of ether oxygens (including phenoxy) is 2. The van der Waals surface area contributed by atoms with Crippen molar-refractivity contribution in [3.63, 3.8) is 0 Å². The molecular formula is C26H26F2N4O4. The van der Waals surface area contributed by atoms with E-state index in [0.717, 1.165) is 12.1 Å². The van der Waals surface area contributed by atoms with Crippen LogP contribution in [0, 0.1) is 17.0 Å². The van der Waals surface area contributed by atoms with Gasteiger partial charge in [0.05, 0.1) is 5.56 Å². The Morgan fingerprint density at radius 1 is 1.00 bits per heavy atom. The molecule has 0 aliphatic heterocycles. The third-order valence-corrected chi connectivity index (χ3v) is 5.19. The second-order valence-electron chi connectivity index (χ2n) is 7.80. The normalized spacial score (nSPS) is 11.5. The molecule has 6 N–H and O–H groups in total. The summed E-state index contributed by atoms with van der Waals surface area (Å²) in [5.74, 6) is -3.05. The van der Waals surface area contributed by atoms with Gasteiger partial charge in [0.25, 0.3) is 11.8 Å². The van der Waals surface area contributed by atoms with E-state index in [1.807, 2.05) is 0 Å². The Kier molecular flexibility index (Phi) is 8.69. The second-order valence-corrected chi connectivity index (χ2v) is 7.80. The Morgan fingerprint density at radius 3 is 2.25 bits per heavy atom. The summed E-state index contributed by atoms with van der Waals surface area (Å²) in [5, 5.41) is 10.1. The van der Waals surface area contributed by atoms with E-state index in [0.29, 0.717) is 22.4 Å². The molecule has 3 aromatic carbocycles. The maximum atomic E-state index is 15.1. The lowest BCUT2D eigenvalue weighted by molar-refractivity contribution is -0.133. The lowest BCUT2D eigenvalue weighted by atomic mass is 9.99. The Balaban J connectivity index is 1.81. The Labute approximate surface area is 206 Å². The van der Waals surface area contributed by atoms with Gasteiger partial charge in [-0.2, -0.15) is 0 Å². The minimum Gasteiger partial charge on any atom is -0.484 e. The van der Waals surface area contributed by atoms with Crippen molar-refractivity contribution in [3.05, 3.63) is 89.0 Å². The van der Waals surface area contributed by atoms with Crippen LogP contribution in [0.3, 0.4) is 0 Å². The molecule has 0 aliphatic carbocycles. The smallest absolute Gasteiger partial charge is 0.255 e. The van der Waals surface area contributed by atoms with E-state index in [1.165, 1.54) is 6.07 Å². The van der Waals surface area contributed by atoms with Crippen LogP contribution < -0.4 is 21.5 Å². The number of amides is 2. The summed E-state index contributed by atoms with van der Waals surface area (Å²) < 4.78 is 40.9. The summed E-state index contributed by atoms with van der Waals surface area (Å²) in [7, 11) is 0. The van der Waals surface area contributed by atoms with Crippen LogP contribution in [0.1, 0.15) is 29.7 Å². The molecule has 188 valence electrons. The molecule has 0 aliphatic rings. The minimum atomic E-state index is -1.51. The maximum absolute atomic E-state index is 15.1. The number of rotatable bonds is 11. The van der Waals surface area contributed by atoms with Crippen LogP contribution in [-0.2, 0) is 20.9 Å². The van der Waals surface area contributed by atoms with Gasteiger partial charge >= 0.3 is 0 Å². The van der Waals surface area contributed by atoms with Crippen LogP contribution >= 0.6 is 0 Å². The predicted octanol–water partition coefficient (Wildman–Crippen LogP) is 3.17. The molecule has 0 saturated carbocycles. The van der Waals surface area contributed by atoms with E-state index >= 15 is 8.78 Å². The number of carbonyl (C=O) groups is 2. The Hall–Kier alpha value is -4.31. The molecule has 0 fully saturated rings. The third kappa shape index (κ3) is 6.63. The zero-order valence-corrected chi connectivity index (χ0v) is 19.5. The average Bonchev–Trinajstić information content (AvgIpc) is 2.85.